The van der Waals surface area contributed by atoms with E-state index in [1.54, 1.807) is 6.20 Å². The molecule has 2 saturated heterocycles. The van der Waals surface area contributed by atoms with Crippen LogP contribution in [0.25, 0.3) is 28.2 Å². The van der Waals surface area contributed by atoms with E-state index >= 15 is 0 Å². The van der Waals surface area contributed by atoms with Crippen molar-refractivity contribution >= 4 is 36.5 Å². The molecule has 34 heavy (non-hydrogen) atoms. The van der Waals surface area contributed by atoms with E-state index in [9.17, 15) is 19.4 Å². The SMILES string of the molecule is CCSc1nc2c(=O)n3cc(-c4ccccc4)[nH]c3nc2n1[C@@H]1OC2COP(=O)([O-])O[C@H]2C1O.[H+]. The minimum absolute atomic E-state index is 0. The highest BCUT2D eigenvalue weighted by molar-refractivity contribution is 7.99. The molecule has 0 saturated carbocycles. The lowest BCUT2D eigenvalue weighted by Gasteiger charge is -2.34. The van der Waals surface area contributed by atoms with Crippen LogP contribution in [0, 0.1) is 0 Å². The number of rotatable bonds is 4. The number of benzene rings is 1. The molecule has 1 aromatic carbocycles. The molecule has 2 fully saturated rings. The first-order valence-corrected chi connectivity index (χ1v) is 13.0. The van der Waals surface area contributed by atoms with Crippen LogP contribution in [0.4, 0.5) is 0 Å². The van der Waals surface area contributed by atoms with Crippen molar-refractivity contribution in [2.45, 2.75) is 36.6 Å². The van der Waals surface area contributed by atoms with Crippen LogP contribution < -0.4 is 10.5 Å². The van der Waals surface area contributed by atoms with Crippen molar-refractivity contribution in [1.82, 2.24) is 23.9 Å². The Labute approximate surface area is 197 Å². The molecule has 0 bridgehead atoms. The molecule has 0 aliphatic carbocycles. The van der Waals surface area contributed by atoms with E-state index in [-0.39, 0.29) is 24.8 Å². The van der Waals surface area contributed by atoms with Gasteiger partial charge in [0.2, 0.25) is 5.78 Å². The van der Waals surface area contributed by atoms with Gasteiger partial charge in [-0.25, -0.2) is 9.38 Å². The second-order valence-electron chi connectivity index (χ2n) is 7.88. The summed E-state index contributed by atoms with van der Waals surface area (Å²) in [6.07, 6.45) is -2.72. The summed E-state index contributed by atoms with van der Waals surface area (Å²) >= 11 is 1.34. The zero-order valence-corrected chi connectivity index (χ0v) is 19.4. The lowest BCUT2D eigenvalue weighted by Crippen LogP contribution is -2.41. The molecule has 4 aromatic rings. The highest BCUT2D eigenvalue weighted by Crippen LogP contribution is 2.50. The fourth-order valence-electron chi connectivity index (χ4n) is 4.27. The number of ether oxygens (including phenoxy) is 1. The molecule has 0 radical (unpaired) electrons. The lowest BCUT2D eigenvalue weighted by molar-refractivity contribution is -0.245. The summed E-state index contributed by atoms with van der Waals surface area (Å²) in [5.74, 6) is 0.922. The third kappa shape index (κ3) is 3.43. The largest absolute Gasteiger partial charge is 1.00 e. The summed E-state index contributed by atoms with van der Waals surface area (Å²) in [5, 5.41) is 11.3. The molecule has 2 N–H and O–H groups in total. The maximum atomic E-state index is 13.3. The number of hydrogen-bond acceptors (Lipinski definition) is 10. The molecule has 0 amide bonds. The van der Waals surface area contributed by atoms with Gasteiger partial charge in [0.25, 0.3) is 13.4 Å². The predicted octanol–water partition coefficient (Wildman–Crippen LogP) is 1.41. The van der Waals surface area contributed by atoms with E-state index in [1.807, 2.05) is 37.3 Å². The van der Waals surface area contributed by atoms with E-state index in [0.717, 1.165) is 5.56 Å². The summed E-state index contributed by atoms with van der Waals surface area (Å²) < 4.78 is 30.3. The van der Waals surface area contributed by atoms with Crippen molar-refractivity contribution in [1.29, 1.82) is 0 Å². The molecule has 0 spiro atoms. The summed E-state index contributed by atoms with van der Waals surface area (Å²) in [4.78, 5) is 37.4. The number of hydrogen-bond donors (Lipinski definition) is 2. The minimum atomic E-state index is -4.53. The van der Waals surface area contributed by atoms with Crippen LogP contribution in [-0.4, -0.2) is 59.7 Å². The van der Waals surface area contributed by atoms with Crippen LogP contribution in [0.2, 0.25) is 0 Å². The topological polar surface area (TPSA) is 156 Å². The van der Waals surface area contributed by atoms with Crippen molar-refractivity contribution < 1.29 is 29.8 Å². The molecular formula is C20H20N5O7PS. The normalized spacial score (nSPS) is 29.1. The molecule has 178 valence electrons. The van der Waals surface area contributed by atoms with Gasteiger partial charge in [-0.05, 0) is 11.3 Å². The lowest BCUT2D eigenvalue weighted by atomic mass is 10.1. The fourth-order valence-corrected chi connectivity index (χ4v) is 5.97. The van der Waals surface area contributed by atoms with Gasteiger partial charge in [-0.2, -0.15) is 4.98 Å². The fraction of sp³-hybridized carbons (Fsp3) is 0.350. The van der Waals surface area contributed by atoms with Gasteiger partial charge >= 0.3 is 1.43 Å². The van der Waals surface area contributed by atoms with E-state index < -0.39 is 32.4 Å². The van der Waals surface area contributed by atoms with Gasteiger partial charge in [0.1, 0.15) is 18.3 Å². The maximum Gasteiger partial charge on any atom is 1.00 e. The monoisotopic (exact) mass is 505 g/mol. The number of imidazole rings is 2. The van der Waals surface area contributed by atoms with Crippen LogP contribution in [0.1, 0.15) is 14.6 Å². The van der Waals surface area contributed by atoms with Gasteiger partial charge in [-0.1, -0.05) is 49.0 Å². The number of aliphatic hydroxyl groups is 1. The number of H-pyrrole nitrogens is 1. The molecule has 5 atom stereocenters. The number of fused-ring (bicyclic) bond motifs is 3. The smallest absolute Gasteiger partial charge is 0.756 e. The molecule has 2 aliphatic rings. The first-order valence-electron chi connectivity index (χ1n) is 10.6. The van der Waals surface area contributed by atoms with Crippen molar-refractivity contribution in [2.75, 3.05) is 12.4 Å². The number of aromatic amines is 1. The number of thioether (sulfide) groups is 1. The van der Waals surface area contributed by atoms with Gasteiger partial charge in [0.05, 0.1) is 12.3 Å². The summed E-state index contributed by atoms with van der Waals surface area (Å²) in [7, 11) is -4.53. The summed E-state index contributed by atoms with van der Waals surface area (Å²) in [6, 6.07) is 9.50. The quantitative estimate of drug-likeness (QED) is 0.307. The molecule has 6 rings (SSSR count). The Hall–Kier alpha value is -2.51. The van der Waals surface area contributed by atoms with Gasteiger partial charge < -0.3 is 28.8 Å². The molecular weight excluding hydrogens is 485 g/mol. The molecule has 12 nitrogen and oxygen atoms in total. The number of phosphoric ester groups is 1. The number of nitrogens with one attached hydrogen (secondary N) is 1. The van der Waals surface area contributed by atoms with Gasteiger partial charge in [0, 0.05) is 6.20 Å². The minimum Gasteiger partial charge on any atom is -0.756 e. The van der Waals surface area contributed by atoms with E-state index in [1.165, 1.54) is 20.7 Å². The zero-order valence-electron chi connectivity index (χ0n) is 18.7. The van der Waals surface area contributed by atoms with Gasteiger partial charge in [-0.3, -0.25) is 13.9 Å². The highest BCUT2D eigenvalue weighted by atomic mass is 32.2. The van der Waals surface area contributed by atoms with Crippen molar-refractivity contribution in [3.8, 4) is 11.3 Å². The van der Waals surface area contributed by atoms with Crippen molar-refractivity contribution in [3.63, 3.8) is 0 Å². The number of aliphatic hydroxyl groups excluding tert-OH is 1. The zero-order chi connectivity index (χ0) is 23.6. The van der Waals surface area contributed by atoms with Gasteiger partial charge in [0.15, 0.2) is 22.5 Å². The number of phosphoric acid groups is 1. The Balaban J connectivity index is 0.00000253. The van der Waals surface area contributed by atoms with Crippen molar-refractivity contribution in [3.05, 3.63) is 46.9 Å². The number of nitrogens with zero attached hydrogens (tertiary/aromatic N) is 4. The Morgan fingerprint density at radius 1 is 1.35 bits per heavy atom. The first-order chi connectivity index (χ1) is 16.4. The third-order valence-corrected chi connectivity index (χ3v) is 7.59. The predicted molar refractivity (Wildman–Crippen MR) is 120 cm³/mol. The van der Waals surface area contributed by atoms with Crippen LogP contribution in [-0.2, 0) is 18.3 Å². The Morgan fingerprint density at radius 2 is 2.15 bits per heavy atom. The molecule has 2 aliphatic heterocycles. The molecule has 5 heterocycles. The Bertz CT molecular complexity index is 1510. The standard InChI is InChI=1S/C20H20N5O7PS/c1-2-34-20-22-13-16(25(20)18-14(26)15-12(31-18)9-30-33(28,29)32-15)23-19-21-11(8-24(19)17(13)27)10-6-4-3-5-7-10/h3-8,12,14-15,18,26H,2,9H2,1H3,(H,21,23)(H,28,29)/t12?,14?,15-,18-/m1/s1. The van der Waals surface area contributed by atoms with Crippen LogP contribution in [0.5, 0.6) is 0 Å². The first kappa shape index (κ1) is 22.0. The van der Waals surface area contributed by atoms with Crippen LogP contribution in [0.15, 0.2) is 46.5 Å². The maximum absolute atomic E-state index is 13.3. The van der Waals surface area contributed by atoms with Gasteiger partial charge in [-0.15, -0.1) is 0 Å². The average molecular weight is 505 g/mol. The Kier molecular flexibility index (Phi) is 5.19. The van der Waals surface area contributed by atoms with Crippen LogP contribution >= 0.6 is 19.6 Å². The molecule has 3 aromatic heterocycles. The number of aromatic nitrogens is 5. The molecule has 14 heteroatoms. The Morgan fingerprint density at radius 3 is 2.91 bits per heavy atom. The molecule has 3 unspecified atom stereocenters. The summed E-state index contributed by atoms with van der Waals surface area (Å²) in [6.45, 7) is 1.64. The van der Waals surface area contributed by atoms with Crippen LogP contribution in [0.3, 0.4) is 0 Å². The van der Waals surface area contributed by atoms with E-state index in [2.05, 4.69) is 15.0 Å². The van der Waals surface area contributed by atoms with E-state index in [0.29, 0.717) is 22.4 Å². The van der Waals surface area contributed by atoms with Crippen molar-refractivity contribution in [2.24, 2.45) is 0 Å². The van der Waals surface area contributed by atoms with E-state index in [4.69, 9.17) is 13.8 Å². The summed E-state index contributed by atoms with van der Waals surface area (Å²) in [5.41, 5.74) is 1.50. The third-order valence-electron chi connectivity index (χ3n) is 5.79. The second kappa shape index (κ2) is 8.02. The average Bonchev–Trinajstić information content (AvgIpc) is 3.49. The second-order valence-corrected chi connectivity index (χ2v) is 10.5. The highest BCUT2D eigenvalue weighted by Gasteiger charge is 2.51.